The first kappa shape index (κ1) is 26.8. The minimum absolute atomic E-state index is 0.0292. The summed E-state index contributed by atoms with van der Waals surface area (Å²) in [5, 5.41) is 17.0. The molecule has 0 saturated heterocycles. The number of halogens is 1. The summed E-state index contributed by atoms with van der Waals surface area (Å²) in [5.74, 6) is -1.05. The second-order valence-electron chi connectivity index (χ2n) is 12.8. The average molecular weight is 505 g/mol. The molecule has 7 nitrogen and oxygen atoms in total. The van der Waals surface area contributed by atoms with Gasteiger partial charge in [0, 0.05) is 30.3 Å². The second-order valence-corrected chi connectivity index (χ2v) is 12.8. The molecule has 4 aliphatic carbocycles. The number of aliphatic hydroxyl groups excluding tert-OH is 1. The molecule has 3 saturated carbocycles. The van der Waals surface area contributed by atoms with E-state index in [0.717, 1.165) is 5.57 Å². The maximum absolute atomic E-state index is 17.2. The van der Waals surface area contributed by atoms with E-state index in [1.807, 2.05) is 13.8 Å². The van der Waals surface area contributed by atoms with Crippen LogP contribution in [0.2, 0.25) is 0 Å². The van der Waals surface area contributed by atoms with Gasteiger partial charge in [0.05, 0.1) is 6.10 Å². The Hall–Kier alpha value is -2.22. The number of aliphatic hydroxyl groups is 1. The molecular weight excluding hydrogens is 463 g/mol. The van der Waals surface area contributed by atoms with Crippen molar-refractivity contribution in [3.8, 4) is 0 Å². The Morgan fingerprint density at radius 1 is 1.19 bits per heavy atom. The summed E-state index contributed by atoms with van der Waals surface area (Å²) >= 11 is 0. The Morgan fingerprint density at radius 2 is 1.86 bits per heavy atom. The Labute approximate surface area is 213 Å². The van der Waals surface area contributed by atoms with Gasteiger partial charge in [-0.3, -0.25) is 9.59 Å². The summed E-state index contributed by atoms with van der Waals surface area (Å²) in [6, 6.07) is 0. The smallest absolute Gasteiger partial charge is 0.407 e. The van der Waals surface area contributed by atoms with E-state index in [1.54, 1.807) is 33.8 Å². The van der Waals surface area contributed by atoms with Crippen molar-refractivity contribution in [1.29, 1.82) is 0 Å². The predicted molar refractivity (Wildman–Crippen MR) is 134 cm³/mol. The zero-order chi connectivity index (χ0) is 26.7. The van der Waals surface area contributed by atoms with Gasteiger partial charge in [0.25, 0.3) is 0 Å². The van der Waals surface area contributed by atoms with E-state index in [1.165, 1.54) is 12.2 Å². The number of ketones is 1. The Kier molecular flexibility index (Phi) is 6.68. The summed E-state index contributed by atoms with van der Waals surface area (Å²) in [5.41, 5.74) is -3.30. The monoisotopic (exact) mass is 504 g/mol. The lowest BCUT2D eigenvalue weighted by Crippen LogP contribution is -2.67. The van der Waals surface area contributed by atoms with Gasteiger partial charge in [-0.05, 0) is 82.8 Å². The molecule has 200 valence electrons. The third-order valence-electron chi connectivity index (χ3n) is 9.36. The normalized spacial score (nSPS) is 41.5. The summed E-state index contributed by atoms with van der Waals surface area (Å²) in [6.07, 6.45) is 4.91. The van der Waals surface area contributed by atoms with Crippen LogP contribution in [0.25, 0.3) is 0 Å². The fourth-order valence-electron chi connectivity index (χ4n) is 7.91. The van der Waals surface area contributed by atoms with E-state index in [0.29, 0.717) is 19.3 Å². The fourth-order valence-corrected chi connectivity index (χ4v) is 7.91. The highest BCUT2D eigenvalue weighted by molar-refractivity contribution is 6.01. The Balaban J connectivity index is 1.48. The number of hydrogen-bond acceptors (Lipinski definition) is 5. The minimum atomic E-state index is -1.89. The van der Waals surface area contributed by atoms with Gasteiger partial charge in [-0.25, -0.2) is 9.18 Å². The van der Waals surface area contributed by atoms with Crippen molar-refractivity contribution in [1.82, 2.24) is 10.6 Å². The Morgan fingerprint density at radius 3 is 2.53 bits per heavy atom. The number of allylic oxidation sites excluding steroid dienone is 4. The molecule has 0 aromatic carbocycles. The molecule has 4 aliphatic rings. The molecule has 0 radical (unpaired) electrons. The van der Waals surface area contributed by atoms with Crippen LogP contribution in [-0.2, 0) is 14.3 Å². The first-order chi connectivity index (χ1) is 16.6. The highest BCUT2D eigenvalue weighted by Crippen LogP contribution is 2.69. The summed E-state index contributed by atoms with van der Waals surface area (Å²) < 4.78 is 22.4. The zero-order valence-corrected chi connectivity index (χ0v) is 22.3. The molecule has 2 unspecified atom stereocenters. The van der Waals surface area contributed by atoms with Gasteiger partial charge in [-0.2, -0.15) is 0 Å². The van der Waals surface area contributed by atoms with Crippen molar-refractivity contribution in [3.05, 3.63) is 23.8 Å². The van der Waals surface area contributed by atoms with Crippen molar-refractivity contribution in [2.45, 2.75) is 84.6 Å². The van der Waals surface area contributed by atoms with Crippen molar-refractivity contribution in [3.63, 3.8) is 0 Å². The van der Waals surface area contributed by atoms with E-state index in [9.17, 15) is 19.5 Å². The summed E-state index contributed by atoms with van der Waals surface area (Å²) in [4.78, 5) is 37.2. The van der Waals surface area contributed by atoms with E-state index < -0.39 is 40.2 Å². The number of alkyl halides is 1. The molecule has 0 aromatic heterocycles. The van der Waals surface area contributed by atoms with Crippen molar-refractivity contribution < 1.29 is 28.6 Å². The molecule has 8 heteroatoms. The van der Waals surface area contributed by atoms with E-state index in [2.05, 4.69) is 10.6 Å². The molecule has 3 fully saturated rings. The molecule has 4 rings (SSSR count). The molecule has 0 heterocycles. The zero-order valence-electron chi connectivity index (χ0n) is 22.3. The first-order valence-corrected chi connectivity index (χ1v) is 13.2. The molecular formula is C28H41FN2O5. The standard InChI is InChI=1S/C28H41FN2O5/c1-16-13-20-19-8-7-17-14-18(32)9-10-27(17,6)28(19,29)21(33)15-26(20,5)22(16)23(34)30-11-12-31-24(35)36-25(2,3)4/h9-10,14,16,19-22,33H,7-8,11-13,15H2,1-6H3,(H,30,34)(H,31,35)/t16-,19?,20?,21+,22-,26+,27+,28+/m1/s1. The van der Waals surface area contributed by atoms with Crippen LogP contribution in [0.4, 0.5) is 9.18 Å². The third-order valence-corrected chi connectivity index (χ3v) is 9.36. The Bertz CT molecular complexity index is 1000. The number of carbonyl (C=O) groups excluding carboxylic acids is 3. The van der Waals surface area contributed by atoms with E-state index in [4.69, 9.17) is 4.74 Å². The number of fused-ring (bicyclic) bond motifs is 5. The molecule has 0 spiro atoms. The van der Waals surface area contributed by atoms with Crippen LogP contribution in [0.3, 0.4) is 0 Å². The average Bonchev–Trinajstić information content (AvgIpc) is 3.01. The maximum Gasteiger partial charge on any atom is 0.407 e. The molecule has 0 aromatic rings. The van der Waals surface area contributed by atoms with Gasteiger partial charge < -0.3 is 20.5 Å². The number of hydrogen-bond donors (Lipinski definition) is 3. The van der Waals surface area contributed by atoms with Crippen LogP contribution in [-0.4, -0.2) is 53.4 Å². The first-order valence-electron chi connectivity index (χ1n) is 13.2. The van der Waals surface area contributed by atoms with Gasteiger partial charge in [0.2, 0.25) is 5.91 Å². The molecule has 3 N–H and O–H groups in total. The van der Waals surface area contributed by atoms with Crippen LogP contribution in [0.5, 0.6) is 0 Å². The lowest BCUT2D eigenvalue weighted by Gasteiger charge is -2.61. The highest BCUT2D eigenvalue weighted by atomic mass is 19.1. The molecule has 8 atom stereocenters. The second kappa shape index (κ2) is 8.96. The minimum Gasteiger partial charge on any atom is -0.444 e. The topological polar surface area (TPSA) is 105 Å². The third kappa shape index (κ3) is 4.19. The fraction of sp³-hybridized carbons (Fsp3) is 0.750. The quantitative estimate of drug-likeness (QED) is 0.505. The van der Waals surface area contributed by atoms with Crippen molar-refractivity contribution in [2.75, 3.05) is 13.1 Å². The number of carbonyl (C=O) groups is 3. The predicted octanol–water partition coefficient (Wildman–Crippen LogP) is 3.86. The van der Waals surface area contributed by atoms with Crippen LogP contribution >= 0.6 is 0 Å². The number of nitrogens with one attached hydrogen (secondary N) is 2. The maximum atomic E-state index is 17.2. The molecule has 0 aliphatic heterocycles. The van der Waals surface area contributed by atoms with Crippen LogP contribution in [0.15, 0.2) is 23.8 Å². The number of amides is 2. The van der Waals surface area contributed by atoms with E-state index >= 15 is 4.39 Å². The highest BCUT2D eigenvalue weighted by Gasteiger charge is 2.71. The van der Waals surface area contributed by atoms with Gasteiger partial charge in [-0.1, -0.05) is 25.5 Å². The van der Waals surface area contributed by atoms with Crippen LogP contribution in [0.1, 0.15) is 67.2 Å². The van der Waals surface area contributed by atoms with Gasteiger partial charge in [-0.15, -0.1) is 0 Å². The lowest BCUT2D eigenvalue weighted by molar-refractivity contribution is -0.195. The number of alkyl carbamates (subject to hydrolysis) is 1. The van der Waals surface area contributed by atoms with Crippen molar-refractivity contribution in [2.24, 2.45) is 34.5 Å². The van der Waals surface area contributed by atoms with Crippen LogP contribution in [0, 0.1) is 34.5 Å². The van der Waals surface area contributed by atoms with E-state index in [-0.39, 0.29) is 49.0 Å². The summed E-state index contributed by atoms with van der Waals surface area (Å²) in [7, 11) is 0. The summed E-state index contributed by atoms with van der Waals surface area (Å²) in [6.45, 7) is 11.7. The van der Waals surface area contributed by atoms with Gasteiger partial charge in [0.1, 0.15) is 5.60 Å². The molecule has 36 heavy (non-hydrogen) atoms. The SMILES string of the molecule is C[C@@H]1CC2C3CCC4=CC(=O)C=C[C@]4(C)[C@@]3(F)[C@@H](O)C[C@]2(C)[C@H]1C(=O)NCCNC(=O)OC(C)(C)C. The van der Waals surface area contributed by atoms with Gasteiger partial charge >= 0.3 is 6.09 Å². The number of rotatable bonds is 4. The number of ether oxygens (including phenoxy) is 1. The van der Waals surface area contributed by atoms with Crippen molar-refractivity contribution >= 4 is 17.8 Å². The molecule has 2 amide bonds. The largest absolute Gasteiger partial charge is 0.444 e. The molecule has 0 bridgehead atoms. The van der Waals surface area contributed by atoms with Gasteiger partial charge in [0.15, 0.2) is 11.5 Å². The van der Waals surface area contributed by atoms with Crippen LogP contribution < -0.4 is 10.6 Å². The lowest BCUT2D eigenvalue weighted by atomic mass is 9.45.